The van der Waals surface area contributed by atoms with Gasteiger partial charge >= 0.3 is 0 Å². The van der Waals surface area contributed by atoms with Gasteiger partial charge in [0.25, 0.3) is 0 Å². The molecule has 0 aliphatic heterocycles. The third-order valence-corrected chi connectivity index (χ3v) is 3.02. The van der Waals surface area contributed by atoms with E-state index in [1.165, 1.54) is 0 Å². The van der Waals surface area contributed by atoms with Crippen LogP contribution in [0.5, 0.6) is 0 Å². The molecule has 0 radical (unpaired) electrons. The molecule has 2 atom stereocenters. The van der Waals surface area contributed by atoms with Crippen LogP contribution in [0, 0.1) is 16.7 Å². The monoisotopic (exact) mass is 180 g/mol. The average molecular weight is 180 g/mol. The Bertz CT molecular complexity index is 536. The number of nitrogens with zero attached hydrogens (tertiary/aromatic N) is 1. The van der Waals surface area contributed by atoms with E-state index in [0.717, 1.165) is 11.1 Å². The highest BCUT2D eigenvalue weighted by atomic mass is 14.5. The second-order valence-electron chi connectivity index (χ2n) is 3.73. The number of nitriles is 1. The number of fused-ring (bicyclic) bond motifs is 3. The minimum Gasteiger partial charge on any atom is -0.197 e. The molecule has 2 aliphatic carbocycles. The van der Waals surface area contributed by atoms with E-state index >= 15 is 0 Å². The van der Waals surface area contributed by atoms with Crippen molar-refractivity contribution in [1.82, 2.24) is 0 Å². The molecule has 14 heavy (non-hydrogen) atoms. The summed E-state index contributed by atoms with van der Waals surface area (Å²) in [5.41, 5.74) is 1.64. The van der Waals surface area contributed by atoms with Crippen molar-refractivity contribution in [3.05, 3.63) is 53.6 Å². The van der Waals surface area contributed by atoms with Crippen LogP contribution in [0.15, 0.2) is 42.5 Å². The normalized spacial score (nSPS) is 32.9. The molecule has 3 rings (SSSR count). The van der Waals surface area contributed by atoms with Gasteiger partial charge in [-0.2, -0.15) is 5.26 Å². The Hall–Kier alpha value is -1.81. The van der Waals surface area contributed by atoms with Gasteiger partial charge in [0.15, 0.2) is 0 Å². The van der Waals surface area contributed by atoms with Crippen molar-refractivity contribution in [2.45, 2.75) is 5.92 Å². The van der Waals surface area contributed by atoms with Gasteiger partial charge in [0.05, 0.1) is 7.44 Å². The Morgan fingerprint density at radius 3 is 3.07 bits per heavy atom. The fraction of sp³-hybridized carbons (Fsp3) is 0.154. The molecule has 1 heteroatoms. The Morgan fingerprint density at radius 2 is 2.29 bits per heavy atom. The second kappa shape index (κ2) is 2.36. The maximum atomic E-state index is 9.21. The van der Waals surface area contributed by atoms with Crippen molar-refractivity contribution in [3.8, 4) is 6.07 Å². The summed E-state index contributed by atoms with van der Waals surface area (Å²) in [7, 11) is 0. The molecule has 0 heterocycles. The first-order valence-electron chi connectivity index (χ1n) is 5.16. The van der Waals surface area contributed by atoms with E-state index < -0.39 is 5.41 Å². The number of hydrogen-bond acceptors (Lipinski definition) is 1. The van der Waals surface area contributed by atoms with Gasteiger partial charge in [-0.15, -0.1) is 0 Å². The van der Waals surface area contributed by atoms with E-state index in [9.17, 15) is 5.26 Å². The molecule has 2 aliphatic rings. The molecule has 1 nitrogen and oxygen atoms in total. The summed E-state index contributed by atoms with van der Waals surface area (Å²) in [5.74, 6) is 0.0798. The number of rotatable bonds is 0. The lowest BCUT2D eigenvalue weighted by molar-refractivity contribution is 0.508. The molecule has 0 amide bonds. The average Bonchev–Trinajstić information content (AvgIpc) is 2.28. The largest absolute Gasteiger partial charge is 0.197 e. The van der Waals surface area contributed by atoms with E-state index in [1.807, 2.05) is 42.5 Å². The van der Waals surface area contributed by atoms with Gasteiger partial charge in [-0.1, -0.05) is 48.5 Å². The van der Waals surface area contributed by atoms with Crippen molar-refractivity contribution in [1.29, 1.82) is 5.26 Å². The summed E-state index contributed by atoms with van der Waals surface area (Å²) >= 11 is 0. The quantitative estimate of drug-likeness (QED) is 0.563. The predicted molar refractivity (Wildman–Crippen MR) is 55.4 cm³/mol. The van der Waals surface area contributed by atoms with E-state index in [4.69, 9.17) is 1.37 Å². The van der Waals surface area contributed by atoms with Crippen LogP contribution in [0.3, 0.4) is 0 Å². The summed E-state index contributed by atoms with van der Waals surface area (Å²) in [6.07, 6.45) is 5.68. The fourth-order valence-electron chi connectivity index (χ4n) is 2.14. The van der Waals surface area contributed by atoms with Crippen LogP contribution in [-0.4, -0.2) is 0 Å². The van der Waals surface area contributed by atoms with Gasteiger partial charge < -0.3 is 0 Å². The Balaban J connectivity index is 2.24. The lowest BCUT2D eigenvalue weighted by Gasteiger charge is -2.39. The molecule has 1 aromatic carbocycles. The topological polar surface area (TPSA) is 23.8 Å². The highest BCUT2D eigenvalue weighted by Crippen LogP contribution is 2.51. The van der Waals surface area contributed by atoms with Crippen LogP contribution in [0.2, 0.25) is 0 Å². The van der Waals surface area contributed by atoms with E-state index in [-0.39, 0.29) is 5.92 Å². The number of benzene rings is 1. The van der Waals surface area contributed by atoms with Gasteiger partial charge in [-0.05, 0) is 11.1 Å². The Labute approximate surface area is 84.4 Å². The van der Waals surface area contributed by atoms with Crippen molar-refractivity contribution in [2.24, 2.45) is 5.41 Å². The van der Waals surface area contributed by atoms with Gasteiger partial charge in [-0.25, -0.2) is 0 Å². The predicted octanol–water partition coefficient (Wildman–Crippen LogP) is 2.88. The fourth-order valence-corrected chi connectivity index (χ4v) is 2.14. The third kappa shape index (κ3) is 0.736. The minimum absolute atomic E-state index is 0.0798. The van der Waals surface area contributed by atoms with Crippen LogP contribution in [0.25, 0.3) is 6.08 Å². The summed E-state index contributed by atoms with van der Waals surface area (Å²) in [6.45, 7) is 0. The molecule has 0 aromatic heterocycles. The molecule has 0 saturated heterocycles. The van der Waals surface area contributed by atoms with Gasteiger partial charge in [0.1, 0.15) is 5.41 Å². The molecule has 0 fully saturated rings. The van der Waals surface area contributed by atoms with Crippen LogP contribution in [0.1, 0.15) is 18.4 Å². The first kappa shape index (κ1) is 6.62. The van der Waals surface area contributed by atoms with Crippen molar-refractivity contribution in [2.75, 3.05) is 0 Å². The maximum absolute atomic E-state index is 9.21. The number of allylic oxidation sites excluding steroid dienone is 3. The molecule has 0 N–H and O–H groups in total. The highest BCUT2D eigenvalue weighted by molar-refractivity contribution is 5.66. The van der Waals surface area contributed by atoms with E-state index in [2.05, 4.69) is 6.07 Å². The third-order valence-electron chi connectivity index (χ3n) is 3.02. The zero-order valence-corrected chi connectivity index (χ0v) is 7.57. The Morgan fingerprint density at radius 1 is 1.43 bits per heavy atom. The first-order valence-corrected chi connectivity index (χ1v) is 4.66. The zero-order chi connectivity index (χ0) is 10.5. The van der Waals surface area contributed by atoms with Crippen molar-refractivity contribution in [3.63, 3.8) is 0 Å². The lowest BCUT2D eigenvalue weighted by Crippen LogP contribution is -2.31. The molecule has 0 bridgehead atoms. The van der Waals surface area contributed by atoms with Crippen LogP contribution < -0.4 is 0 Å². The molecule has 0 saturated carbocycles. The molecular weight excluding hydrogens is 170 g/mol. The molecule has 0 spiro atoms. The van der Waals surface area contributed by atoms with Crippen LogP contribution in [0.4, 0.5) is 0 Å². The zero-order valence-electron chi connectivity index (χ0n) is 8.57. The molecule has 1 aromatic rings. The summed E-state index contributed by atoms with van der Waals surface area (Å²) < 4.78 is 7.71. The summed E-state index contributed by atoms with van der Waals surface area (Å²) in [6, 6.07) is 10.8. The smallest absolute Gasteiger partial charge is 0.104 e. The Kier molecular flexibility index (Phi) is 1.12. The minimum atomic E-state index is -0.686. The van der Waals surface area contributed by atoms with Crippen LogP contribution in [-0.2, 0) is 0 Å². The van der Waals surface area contributed by atoms with E-state index in [1.54, 1.807) is 0 Å². The summed E-state index contributed by atoms with van der Waals surface area (Å²) in [4.78, 5) is 0. The first-order chi connectivity index (χ1) is 7.28. The summed E-state index contributed by atoms with van der Waals surface area (Å²) in [5, 5.41) is 9.21. The molecule has 2 unspecified atom stereocenters. The highest BCUT2D eigenvalue weighted by Gasteiger charge is 2.43. The SMILES string of the molecule is [2H]C1=CC2c3ccccc3C=CC12C#N. The molecular formula is C13H9N. The second-order valence-corrected chi connectivity index (χ2v) is 3.73. The van der Waals surface area contributed by atoms with Gasteiger partial charge in [0, 0.05) is 5.92 Å². The molecule has 66 valence electrons. The van der Waals surface area contributed by atoms with Gasteiger partial charge in [-0.3, -0.25) is 0 Å². The number of hydrogen-bond donors (Lipinski definition) is 0. The van der Waals surface area contributed by atoms with Crippen LogP contribution >= 0.6 is 0 Å². The van der Waals surface area contributed by atoms with Gasteiger partial charge in [0.2, 0.25) is 0 Å². The maximum Gasteiger partial charge on any atom is 0.104 e. The van der Waals surface area contributed by atoms with Crippen molar-refractivity contribution >= 4 is 6.08 Å². The lowest BCUT2D eigenvalue weighted by atomic mass is 9.62. The van der Waals surface area contributed by atoms with Crippen molar-refractivity contribution < 1.29 is 1.37 Å². The standard InChI is InChI=1S/C13H9N/c14-9-13-7-5-10-3-1-2-4-11(10)12(13)6-8-13/h1-8,12H/i8D. The van der Waals surface area contributed by atoms with E-state index in [0.29, 0.717) is 6.05 Å².